The molecule has 0 bridgehead atoms. The minimum absolute atomic E-state index is 0.130. The van der Waals surface area contributed by atoms with E-state index in [4.69, 9.17) is 0 Å². The Kier molecular flexibility index (Phi) is 6.28. The van der Waals surface area contributed by atoms with Crippen LogP contribution < -0.4 is 10.2 Å². The van der Waals surface area contributed by atoms with Crippen molar-refractivity contribution in [1.82, 2.24) is 14.9 Å². The molecule has 1 fully saturated rings. The maximum Gasteiger partial charge on any atom is 0.135 e. The molecular formula is C28H35N5O. The Morgan fingerprint density at radius 1 is 0.971 bits per heavy atom. The van der Waals surface area contributed by atoms with Crippen LogP contribution in [0.15, 0.2) is 60.9 Å². The fourth-order valence-corrected chi connectivity index (χ4v) is 5.14. The summed E-state index contributed by atoms with van der Waals surface area (Å²) in [6.45, 7) is 10.0. The summed E-state index contributed by atoms with van der Waals surface area (Å²) in [5, 5.41) is 14.4. The van der Waals surface area contributed by atoms with Gasteiger partial charge in [0.25, 0.3) is 0 Å². The van der Waals surface area contributed by atoms with Crippen molar-refractivity contribution in [2.24, 2.45) is 0 Å². The molecule has 34 heavy (non-hydrogen) atoms. The van der Waals surface area contributed by atoms with E-state index in [2.05, 4.69) is 94.4 Å². The number of rotatable bonds is 4. The zero-order valence-corrected chi connectivity index (χ0v) is 20.4. The van der Waals surface area contributed by atoms with Gasteiger partial charge >= 0.3 is 0 Å². The fourth-order valence-electron chi connectivity index (χ4n) is 5.14. The first-order valence-electron chi connectivity index (χ1n) is 12.3. The number of anilines is 3. The van der Waals surface area contributed by atoms with Gasteiger partial charge in [0.1, 0.15) is 18.0 Å². The van der Waals surface area contributed by atoms with Gasteiger partial charge in [-0.1, -0.05) is 57.2 Å². The number of piperidine rings is 1. The maximum atomic E-state index is 11.1. The molecule has 3 aromatic rings. The quantitative estimate of drug-likeness (QED) is 0.601. The van der Waals surface area contributed by atoms with E-state index in [1.165, 1.54) is 16.7 Å². The first-order chi connectivity index (χ1) is 16.4. The second-order valence-electron chi connectivity index (χ2n) is 10.6. The number of nitrogens with one attached hydrogen (secondary N) is 1. The van der Waals surface area contributed by atoms with E-state index >= 15 is 0 Å². The number of hydrogen-bond donors (Lipinski definition) is 2. The lowest BCUT2D eigenvalue weighted by Crippen LogP contribution is -2.55. The van der Waals surface area contributed by atoms with Crippen molar-refractivity contribution in [1.29, 1.82) is 0 Å². The molecule has 2 aliphatic rings. The topological polar surface area (TPSA) is 64.5 Å². The SMILES string of the molecule is CC(C)(C)c1ccc(Nc2cc(N3CCC(N4CCc5ccccc5C4)C(O)C3)ncn2)cc1. The molecular weight excluding hydrogens is 422 g/mol. The van der Waals surface area contributed by atoms with Crippen LogP contribution in [0.4, 0.5) is 17.3 Å². The summed E-state index contributed by atoms with van der Waals surface area (Å²) >= 11 is 0. The molecule has 6 heteroatoms. The molecule has 0 amide bonds. The number of benzene rings is 2. The predicted molar refractivity (Wildman–Crippen MR) is 138 cm³/mol. The van der Waals surface area contributed by atoms with Gasteiger partial charge in [0.2, 0.25) is 0 Å². The zero-order valence-electron chi connectivity index (χ0n) is 20.4. The van der Waals surface area contributed by atoms with Gasteiger partial charge in [0.05, 0.1) is 6.10 Å². The Labute approximate surface area is 202 Å². The van der Waals surface area contributed by atoms with Crippen molar-refractivity contribution in [2.45, 2.75) is 57.7 Å². The van der Waals surface area contributed by atoms with Crippen LogP contribution in [0.2, 0.25) is 0 Å². The lowest BCUT2D eigenvalue weighted by molar-refractivity contribution is 0.0293. The number of β-amino-alcohol motifs (C(OH)–C–C–N with tert-alkyl or cyclic N) is 1. The largest absolute Gasteiger partial charge is 0.390 e. The Morgan fingerprint density at radius 3 is 2.47 bits per heavy atom. The van der Waals surface area contributed by atoms with Crippen molar-refractivity contribution in [3.8, 4) is 0 Å². The third kappa shape index (κ3) is 4.93. The Morgan fingerprint density at radius 2 is 1.74 bits per heavy atom. The van der Waals surface area contributed by atoms with Crippen molar-refractivity contribution >= 4 is 17.3 Å². The van der Waals surface area contributed by atoms with Gasteiger partial charge in [-0.05, 0) is 47.1 Å². The minimum atomic E-state index is -0.407. The summed E-state index contributed by atoms with van der Waals surface area (Å²) < 4.78 is 0. The highest BCUT2D eigenvalue weighted by Crippen LogP contribution is 2.28. The van der Waals surface area contributed by atoms with E-state index in [1.54, 1.807) is 6.33 Å². The van der Waals surface area contributed by atoms with Crippen LogP contribution in [-0.2, 0) is 18.4 Å². The third-order valence-corrected chi connectivity index (χ3v) is 7.18. The second kappa shape index (κ2) is 9.35. The summed E-state index contributed by atoms with van der Waals surface area (Å²) in [6, 6.07) is 19.3. The maximum absolute atomic E-state index is 11.1. The van der Waals surface area contributed by atoms with Gasteiger partial charge in [-0.25, -0.2) is 9.97 Å². The Balaban J connectivity index is 1.22. The van der Waals surface area contributed by atoms with E-state index in [1.807, 2.05) is 6.07 Å². The second-order valence-corrected chi connectivity index (χ2v) is 10.6. The summed E-state index contributed by atoms with van der Waals surface area (Å²) in [4.78, 5) is 13.5. The molecule has 0 aliphatic carbocycles. The highest BCUT2D eigenvalue weighted by molar-refractivity contribution is 5.60. The molecule has 5 rings (SSSR count). The fraction of sp³-hybridized carbons (Fsp3) is 0.429. The van der Waals surface area contributed by atoms with Crippen LogP contribution in [0.1, 0.15) is 43.9 Å². The van der Waals surface area contributed by atoms with Gasteiger partial charge < -0.3 is 15.3 Å². The molecule has 3 heterocycles. The summed E-state index contributed by atoms with van der Waals surface area (Å²) in [7, 11) is 0. The highest BCUT2D eigenvalue weighted by atomic mass is 16.3. The molecule has 2 atom stereocenters. The van der Waals surface area contributed by atoms with Gasteiger partial charge in [-0.3, -0.25) is 4.90 Å². The van der Waals surface area contributed by atoms with E-state index in [9.17, 15) is 5.11 Å². The molecule has 6 nitrogen and oxygen atoms in total. The van der Waals surface area contributed by atoms with Gasteiger partial charge in [-0.2, -0.15) is 0 Å². The molecule has 2 unspecified atom stereocenters. The number of aliphatic hydroxyl groups excluding tert-OH is 1. The minimum Gasteiger partial charge on any atom is -0.390 e. The number of aromatic nitrogens is 2. The molecule has 2 aromatic carbocycles. The molecule has 1 saturated heterocycles. The Bertz CT molecular complexity index is 1120. The summed E-state index contributed by atoms with van der Waals surface area (Å²) in [5.74, 6) is 1.61. The van der Waals surface area contributed by atoms with E-state index in [-0.39, 0.29) is 11.5 Å². The standard InChI is InChI=1S/C28H35N5O/c1-28(2,3)22-8-10-23(11-9-22)31-26-16-27(30-19-29-26)33-15-13-24(25(34)18-33)32-14-12-20-6-4-5-7-21(20)17-32/h4-11,16,19,24-25,34H,12-15,17-18H2,1-3H3,(H,29,30,31). The number of fused-ring (bicyclic) bond motifs is 1. The van der Waals surface area contributed by atoms with Crippen LogP contribution in [-0.4, -0.2) is 51.8 Å². The number of aliphatic hydroxyl groups is 1. The molecule has 178 valence electrons. The normalized spacial score (nSPS) is 21.2. The predicted octanol–water partition coefficient (Wildman–Crippen LogP) is 4.52. The Hall–Kier alpha value is -2.96. The van der Waals surface area contributed by atoms with Crippen LogP contribution in [0.3, 0.4) is 0 Å². The van der Waals surface area contributed by atoms with Crippen molar-refractivity contribution in [2.75, 3.05) is 29.9 Å². The highest BCUT2D eigenvalue weighted by Gasteiger charge is 2.34. The lowest BCUT2D eigenvalue weighted by Gasteiger charge is -2.43. The molecule has 0 saturated carbocycles. The van der Waals surface area contributed by atoms with E-state index in [0.29, 0.717) is 6.54 Å². The molecule has 2 N–H and O–H groups in total. The van der Waals surface area contributed by atoms with Crippen molar-refractivity contribution in [3.63, 3.8) is 0 Å². The molecule has 1 aromatic heterocycles. The van der Waals surface area contributed by atoms with E-state index < -0.39 is 6.10 Å². The van der Waals surface area contributed by atoms with Crippen LogP contribution in [0, 0.1) is 0 Å². The monoisotopic (exact) mass is 457 g/mol. The molecule has 0 spiro atoms. The first-order valence-corrected chi connectivity index (χ1v) is 12.3. The van der Waals surface area contributed by atoms with Gasteiger partial charge in [0, 0.05) is 44.0 Å². The lowest BCUT2D eigenvalue weighted by atomic mass is 9.87. The van der Waals surface area contributed by atoms with Crippen molar-refractivity contribution < 1.29 is 5.11 Å². The summed E-state index contributed by atoms with van der Waals surface area (Å²) in [5.41, 5.74) is 5.27. The average Bonchev–Trinajstić information content (AvgIpc) is 2.84. The third-order valence-electron chi connectivity index (χ3n) is 7.18. The zero-order chi connectivity index (χ0) is 23.7. The van der Waals surface area contributed by atoms with Gasteiger partial charge in [-0.15, -0.1) is 0 Å². The van der Waals surface area contributed by atoms with Crippen LogP contribution >= 0.6 is 0 Å². The van der Waals surface area contributed by atoms with Crippen molar-refractivity contribution in [3.05, 3.63) is 77.6 Å². The average molecular weight is 458 g/mol. The van der Waals surface area contributed by atoms with Crippen LogP contribution in [0.25, 0.3) is 0 Å². The van der Waals surface area contributed by atoms with Gasteiger partial charge in [0.15, 0.2) is 0 Å². The van der Waals surface area contributed by atoms with Crippen LogP contribution in [0.5, 0.6) is 0 Å². The molecule has 0 radical (unpaired) electrons. The van der Waals surface area contributed by atoms with E-state index in [0.717, 1.165) is 49.8 Å². The first kappa shape index (κ1) is 22.8. The number of nitrogens with zero attached hydrogens (tertiary/aromatic N) is 4. The summed E-state index contributed by atoms with van der Waals surface area (Å²) in [6.07, 6.45) is 3.17. The number of hydrogen-bond acceptors (Lipinski definition) is 6. The smallest absolute Gasteiger partial charge is 0.135 e. The molecule has 2 aliphatic heterocycles.